The average Bonchev–Trinajstić information content (AvgIpc) is 2.98. The average molecular weight is 402 g/mol. The van der Waals surface area contributed by atoms with Crippen molar-refractivity contribution in [1.29, 1.82) is 0 Å². The van der Waals surface area contributed by atoms with Crippen molar-refractivity contribution >= 4 is 50.8 Å². The van der Waals surface area contributed by atoms with Gasteiger partial charge in [-0.1, -0.05) is 23.2 Å². The number of anilines is 1. The standard InChI is InChI=1S/C19H17Cl2N5O/c20-13-7-15-16(8-14(13)21)25-19(27)18(24-15)12-9-26(5-1-4-22)17-3-2-10(23)6-11(12)17/h2-3,6-9H,1,4-5,22-23H2,(H,25,27). The largest absolute Gasteiger partial charge is 0.399 e. The van der Waals surface area contributed by atoms with E-state index in [0.29, 0.717) is 44.6 Å². The number of aromatic nitrogens is 3. The normalized spacial score (nSPS) is 11.5. The van der Waals surface area contributed by atoms with Gasteiger partial charge in [0.05, 0.1) is 21.1 Å². The molecule has 2 aromatic carbocycles. The number of H-pyrrole nitrogens is 1. The van der Waals surface area contributed by atoms with E-state index in [9.17, 15) is 4.79 Å². The molecule has 6 nitrogen and oxygen atoms in total. The molecule has 4 aromatic rings. The molecule has 0 amide bonds. The third-order valence-corrected chi connectivity index (χ3v) is 5.22. The van der Waals surface area contributed by atoms with Gasteiger partial charge in [-0.05, 0) is 43.3 Å². The van der Waals surface area contributed by atoms with Crippen molar-refractivity contribution in [2.45, 2.75) is 13.0 Å². The van der Waals surface area contributed by atoms with Crippen LogP contribution in [0, 0.1) is 0 Å². The zero-order valence-electron chi connectivity index (χ0n) is 14.3. The van der Waals surface area contributed by atoms with Gasteiger partial charge in [-0.3, -0.25) is 4.79 Å². The lowest BCUT2D eigenvalue weighted by molar-refractivity contribution is 0.671. The number of nitrogens with zero attached hydrogens (tertiary/aromatic N) is 2. The van der Waals surface area contributed by atoms with Crippen LogP contribution in [0.1, 0.15) is 6.42 Å². The van der Waals surface area contributed by atoms with E-state index in [1.54, 1.807) is 12.1 Å². The summed E-state index contributed by atoms with van der Waals surface area (Å²) in [5, 5.41) is 1.61. The van der Waals surface area contributed by atoms with E-state index in [-0.39, 0.29) is 5.56 Å². The van der Waals surface area contributed by atoms with E-state index in [4.69, 9.17) is 34.7 Å². The van der Waals surface area contributed by atoms with Crippen LogP contribution < -0.4 is 17.0 Å². The second kappa shape index (κ2) is 6.88. The Balaban J connectivity index is 1.98. The van der Waals surface area contributed by atoms with Crippen LogP contribution in [0.15, 0.2) is 41.3 Å². The summed E-state index contributed by atoms with van der Waals surface area (Å²) in [5.74, 6) is 0. The van der Waals surface area contributed by atoms with Crippen LogP contribution >= 0.6 is 23.2 Å². The van der Waals surface area contributed by atoms with Gasteiger partial charge in [-0.2, -0.15) is 0 Å². The third kappa shape index (κ3) is 3.16. The van der Waals surface area contributed by atoms with Crippen LogP contribution in [0.25, 0.3) is 33.2 Å². The summed E-state index contributed by atoms with van der Waals surface area (Å²) >= 11 is 12.1. The van der Waals surface area contributed by atoms with Crippen LogP contribution in [-0.2, 0) is 6.54 Å². The molecule has 4 rings (SSSR count). The summed E-state index contributed by atoms with van der Waals surface area (Å²) in [7, 11) is 0. The summed E-state index contributed by atoms with van der Waals surface area (Å²) in [4.78, 5) is 20.1. The summed E-state index contributed by atoms with van der Waals surface area (Å²) in [5.41, 5.74) is 15.0. The van der Waals surface area contributed by atoms with Gasteiger partial charge in [-0.15, -0.1) is 0 Å². The van der Waals surface area contributed by atoms with Crippen LogP contribution in [0.2, 0.25) is 10.0 Å². The smallest absolute Gasteiger partial charge is 0.275 e. The molecule has 0 unspecified atom stereocenters. The molecule has 138 valence electrons. The third-order valence-electron chi connectivity index (χ3n) is 4.50. The van der Waals surface area contributed by atoms with Gasteiger partial charge in [-0.25, -0.2) is 4.98 Å². The lowest BCUT2D eigenvalue weighted by atomic mass is 10.1. The van der Waals surface area contributed by atoms with E-state index in [2.05, 4.69) is 14.5 Å². The first-order valence-corrected chi connectivity index (χ1v) is 9.21. The molecular formula is C19H17Cl2N5O. The predicted molar refractivity (Wildman–Crippen MR) is 111 cm³/mol. The minimum Gasteiger partial charge on any atom is -0.399 e. The zero-order valence-corrected chi connectivity index (χ0v) is 15.8. The Hall–Kier alpha value is -2.54. The number of nitrogens with one attached hydrogen (secondary N) is 1. The van der Waals surface area contributed by atoms with Crippen molar-refractivity contribution in [3.63, 3.8) is 0 Å². The number of aromatic amines is 1. The second-order valence-corrected chi connectivity index (χ2v) is 7.17. The molecule has 0 saturated carbocycles. The molecule has 2 heterocycles. The lowest BCUT2D eigenvalue weighted by Gasteiger charge is -2.04. The molecule has 2 aromatic heterocycles. The number of hydrogen-bond donors (Lipinski definition) is 3. The quantitative estimate of drug-likeness (QED) is 0.452. The van der Waals surface area contributed by atoms with Gasteiger partial charge >= 0.3 is 0 Å². The number of hydrogen-bond acceptors (Lipinski definition) is 4. The van der Waals surface area contributed by atoms with E-state index in [0.717, 1.165) is 23.9 Å². The summed E-state index contributed by atoms with van der Waals surface area (Å²) < 4.78 is 2.07. The number of halogens is 2. The number of benzene rings is 2. The van der Waals surface area contributed by atoms with Crippen LogP contribution in [0.4, 0.5) is 5.69 Å². The maximum absolute atomic E-state index is 12.7. The molecule has 0 aliphatic heterocycles. The Kier molecular flexibility index (Phi) is 4.55. The Morgan fingerprint density at radius 2 is 1.93 bits per heavy atom. The highest BCUT2D eigenvalue weighted by molar-refractivity contribution is 6.42. The fourth-order valence-electron chi connectivity index (χ4n) is 3.21. The van der Waals surface area contributed by atoms with Crippen molar-refractivity contribution in [3.8, 4) is 11.3 Å². The Bertz CT molecular complexity index is 1230. The highest BCUT2D eigenvalue weighted by Gasteiger charge is 2.16. The predicted octanol–water partition coefficient (Wildman–Crippen LogP) is 3.78. The van der Waals surface area contributed by atoms with Crippen molar-refractivity contribution in [1.82, 2.24) is 14.5 Å². The van der Waals surface area contributed by atoms with Gasteiger partial charge < -0.3 is 21.0 Å². The van der Waals surface area contributed by atoms with Crippen molar-refractivity contribution in [2.75, 3.05) is 12.3 Å². The van der Waals surface area contributed by atoms with E-state index in [1.807, 2.05) is 24.4 Å². The molecule has 8 heteroatoms. The minimum absolute atomic E-state index is 0.304. The van der Waals surface area contributed by atoms with Crippen LogP contribution in [0.5, 0.6) is 0 Å². The number of fused-ring (bicyclic) bond motifs is 2. The highest BCUT2D eigenvalue weighted by Crippen LogP contribution is 2.31. The van der Waals surface area contributed by atoms with Crippen molar-refractivity contribution in [2.24, 2.45) is 5.73 Å². The van der Waals surface area contributed by atoms with Gasteiger partial charge in [0.25, 0.3) is 5.56 Å². The lowest BCUT2D eigenvalue weighted by Crippen LogP contribution is -2.11. The Morgan fingerprint density at radius 3 is 2.70 bits per heavy atom. The maximum atomic E-state index is 12.7. The molecule has 0 aliphatic rings. The molecule has 0 fully saturated rings. The summed E-state index contributed by atoms with van der Waals surface area (Å²) in [6, 6.07) is 8.87. The number of nitrogens with two attached hydrogens (primary N) is 2. The highest BCUT2D eigenvalue weighted by atomic mass is 35.5. The van der Waals surface area contributed by atoms with E-state index < -0.39 is 0 Å². The monoisotopic (exact) mass is 401 g/mol. The topological polar surface area (TPSA) is 103 Å². The first kappa shape index (κ1) is 17.9. The van der Waals surface area contributed by atoms with Gasteiger partial charge in [0, 0.05) is 34.9 Å². The number of rotatable bonds is 4. The fraction of sp³-hybridized carbons (Fsp3) is 0.158. The minimum atomic E-state index is -0.304. The molecule has 0 spiro atoms. The first-order chi connectivity index (χ1) is 13.0. The molecule has 0 aliphatic carbocycles. The molecule has 0 bridgehead atoms. The molecular weight excluding hydrogens is 385 g/mol. The van der Waals surface area contributed by atoms with Crippen molar-refractivity contribution in [3.05, 3.63) is 56.9 Å². The SMILES string of the molecule is NCCCn1cc(-c2nc3cc(Cl)c(Cl)cc3[nH]c2=O)c2cc(N)ccc21. The van der Waals surface area contributed by atoms with Crippen molar-refractivity contribution < 1.29 is 0 Å². The van der Waals surface area contributed by atoms with Gasteiger partial charge in [0.1, 0.15) is 5.69 Å². The summed E-state index contributed by atoms with van der Waals surface area (Å²) in [6.45, 7) is 1.32. The first-order valence-electron chi connectivity index (χ1n) is 8.46. The van der Waals surface area contributed by atoms with Crippen LogP contribution in [-0.4, -0.2) is 21.1 Å². The maximum Gasteiger partial charge on any atom is 0.275 e. The molecule has 5 N–H and O–H groups in total. The van der Waals surface area contributed by atoms with Gasteiger partial charge in [0.15, 0.2) is 0 Å². The number of nitrogen functional groups attached to an aromatic ring is 1. The zero-order chi connectivity index (χ0) is 19.1. The Morgan fingerprint density at radius 1 is 1.15 bits per heavy atom. The fourth-order valence-corrected chi connectivity index (χ4v) is 3.54. The second-order valence-electron chi connectivity index (χ2n) is 6.35. The molecule has 27 heavy (non-hydrogen) atoms. The van der Waals surface area contributed by atoms with Gasteiger partial charge in [0.2, 0.25) is 0 Å². The van der Waals surface area contributed by atoms with Crippen LogP contribution in [0.3, 0.4) is 0 Å². The molecule has 0 radical (unpaired) electrons. The molecule has 0 atom stereocenters. The Labute approximate surface area is 164 Å². The van der Waals surface area contributed by atoms with E-state index >= 15 is 0 Å². The summed E-state index contributed by atoms with van der Waals surface area (Å²) in [6.07, 6.45) is 2.74. The number of aryl methyl sites for hydroxylation is 1. The van der Waals surface area contributed by atoms with E-state index in [1.165, 1.54) is 0 Å². The molecule has 0 saturated heterocycles.